The highest BCUT2D eigenvalue weighted by Crippen LogP contribution is 2.20. The fraction of sp³-hybridized carbons (Fsp3) is 0.0909. The molecule has 0 aliphatic carbocycles. The third-order valence-electron chi connectivity index (χ3n) is 2.43. The summed E-state index contributed by atoms with van der Waals surface area (Å²) in [5, 5.41) is 19.5. The molecule has 1 heterocycles. The van der Waals surface area contributed by atoms with Crippen LogP contribution in [-0.4, -0.2) is 25.9 Å². The summed E-state index contributed by atoms with van der Waals surface area (Å²) in [6.07, 6.45) is 3.52. The van der Waals surface area contributed by atoms with Gasteiger partial charge in [-0.3, -0.25) is 14.9 Å². The van der Waals surface area contributed by atoms with Gasteiger partial charge in [-0.2, -0.15) is 0 Å². The van der Waals surface area contributed by atoms with Crippen LogP contribution in [0.15, 0.2) is 30.7 Å². The maximum absolute atomic E-state index is 10.9. The summed E-state index contributed by atoms with van der Waals surface area (Å²) in [5.74, 6) is 0. The van der Waals surface area contributed by atoms with Crippen LogP contribution in [0.25, 0.3) is 5.69 Å². The summed E-state index contributed by atoms with van der Waals surface area (Å²) in [6, 6.07) is 3.96. The van der Waals surface area contributed by atoms with Gasteiger partial charge >= 0.3 is 0 Å². The van der Waals surface area contributed by atoms with Crippen LogP contribution >= 0.6 is 0 Å². The van der Waals surface area contributed by atoms with Gasteiger partial charge < -0.3 is 9.67 Å². The van der Waals surface area contributed by atoms with Crippen molar-refractivity contribution in [3.63, 3.8) is 0 Å². The lowest BCUT2D eigenvalue weighted by atomic mass is 10.1. The zero-order valence-electron chi connectivity index (χ0n) is 9.18. The summed E-state index contributed by atoms with van der Waals surface area (Å²) >= 11 is 0. The number of aldehydes is 1. The summed E-state index contributed by atoms with van der Waals surface area (Å²) in [6.45, 7) is -0.212. The molecule has 0 aliphatic rings. The number of rotatable bonds is 4. The predicted octanol–water partition coefficient (Wildman–Crippen LogP) is 1.09. The van der Waals surface area contributed by atoms with Crippen LogP contribution in [0.3, 0.4) is 0 Å². The van der Waals surface area contributed by atoms with E-state index >= 15 is 0 Å². The van der Waals surface area contributed by atoms with Crippen LogP contribution in [0.5, 0.6) is 0 Å². The molecule has 1 aromatic carbocycles. The second-order valence-electron chi connectivity index (χ2n) is 3.55. The van der Waals surface area contributed by atoms with Gasteiger partial charge in [0.25, 0.3) is 5.69 Å². The summed E-state index contributed by atoms with van der Waals surface area (Å²) in [5.41, 5.74) is 0.961. The number of hydrogen-bond donors (Lipinski definition) is 1. The molecule has 1 N–H and O–H groups in total. The summed E-state index contributed by atoms with van der Waals surface area (Å²) < 4.78 is 1.53. The van der Waals surface area contributed by atoms with Crippen molar-refractivity contribution in [1.29, 1.82) is 0 Å². The van der Waals surface area contributed by atoms with Crippen LogP contribution < -0.4 is 0 Å². The van der Waals surface area contributed by atoms with Crippen LogP contribution in [0.2, 0.25) is 0 Å². The fourth-order valence-electron chi connectivity index (χ4n) is 1.56. The number of carbonyl (C=O) groups excluding carboxylic acids is 1. The van der Waals surface area contributed by atoms with Crippen molar-refractivity contribution in [1.82, 2.24) is 9.55 Å². The van der Waals surface area contributed by atoms with E-state index in [1.807, 2.05) is 0 Å². The molecule has 1 aromatic heterocycles. The largest absolute Gasteiger partial charge is 0.390 e. The Morgan fingerprint density at radius 1 is 1.50 bits per heavy atom. The van der Waals surface area contributed by atoms with E-state index in [9.17, 15) is 14.9 Å². The van der Waals surface area contributed by atoms with Gasteiger partial charge in [0.2, 0.25) is 0 Å². The maximum atomic E-state index is 10.9. The maximum Gasteiger partial charge on any atom is 0.270 e. The zero-order chi connectivity index (χ0) is 13.1. The molecule has 7 heteroatoms. The van der Waals surface area contributed by atoms with Gasteiger partial charge in [0.1, 0.15) is 0 Å². The Kier molecular flexibility index (Phi) is 3.16. The predicted molar refractivity (Wildman–Crippen MR) is 61.5 cm³/mol. The number of nitro groups is 1. The Hall–Kier alpha value is -2.54. The van der Waals surface area contributed by atoms with Crippen LogP contribution in [0.1, 0.15) is 16.1 Å². The van der Waals surface area contributed by atoms with Crippen molar-refractivity contribution in [2.75, 3.05) is 0 Å². The van der Waals surface area contributed by atoms with Crippen molar-refractivity contribution < 1.29 is 14.8 Å². The summed E-state index contributed by atoms with van der Waals surface area (Å²) in [7, 11) is 0. The molecule has 0 spiro atoms. The number of carbonyl (C=O) groups is 1. The number of aliphatic hydroxyl groups is 1. The zero-order valence-corrected chi connectivity index (χ0v) is 9.18. The molecule has 0 fully saturated rings. The monoisotopic (exact) mass is 247 g/mol. The van der Waals surface area contributed by atoms with E-state index in [1.165, 1.54) is 29.1 Å². The molecular formula is C11H9N3O4. The second kappa shape index (κ2) is 4.76. The van der Waals surface area contributed by atoms with Gasteiger partial charge in [-0.05, 0) is 6.07 Å². The highest BCUT2D eigenvalue weighted by atomic mass is 16.6. The Bertz CT molecular complexity index is 606. The van der Waals surface area contributed by atoms with E-state index < -0.39 is 4.92 Å². The van der Waals surface area contributed by atoms with Gasteiger partial charge in [0.05, 0.1) is 29.2 Å². The molecule has 92 valence electrons. The quantitative estimate of drug-likeness (QED) is 0.495. The number of nitrogens with zero attached hydrogens (tertiary/aromatic N) is 3. The first-order valence-corrected chi connectivity index (χ1v) is 5.03. The number of aromatic nitrogens is 2. The fourth-order valence-corrected chi connectivity index (χ4v) is 1.56. The van der Waals surface area contributed by atoms with Gasteiger partial charge in [0, 0.05) is 23.9 Å². The Balaban J connectivity index is 2.50. The number of non-ortho nitro benzene ring substituents is 1. The molecule has 0 saturated heterocycles. The first-order valence-electron chi connectivity index (χ1n) is 5.03. The number of aliphatic hydroxyl groups excluding tert-OH is 1. The summed E-state index contributed by atoms with van der Waals surface area (Å²) in [4.78, 5) is 24.9. The van der Waals surface area contributed by atoms with E-state index in [2.05, 4.69) is 4.98 Å². The lowest BCUT2D eigenvalue weighted by Gasteiger charge is -2.04. The van der Waals surface area contributed by atoms with E-state index in [1.54, 1.807) is 6.20 Å². The number of benzene rings is 1. The topological polar surface area (TPSA) is 98.3 Å². The molecule has 0 radical (unpaired) electrons. The van der Waals surface area contributed by atoms with Crippen molar-refractivity contribution in [2.45, 2.75) is 6.61 Å². The van der Waals surface area contributed by atoms with E-state index in [0.717, 1.165) is 0 Å². The SMILES string of the molecule is O=Cc1cc([N+](=O)[O-])ccc1-n1cnc(CO)c1. The molecule has 0 amide bonds. The molecule has 0 bridgehead atoms. The average molecular weight is 247 g/mol. The minimum Gasteiger partial charge on any atom is -0.390 e. The number of nitro benzene ring substituents is 1. The first kappa shape index (κ1) is 11.9. The van der Waals surface area contributed by atoms with Crippen molar-refractivity contribution in [2.24, 2.45) is 0 Å². The third-order valence-corrected chi connectivity index (χ3v) is 2.43. The molecule has 0 unspecified atom stereocenters. The lowest BCUT2D eigenvalue weighted by Crippen LogP contribution is -1.98. The van der Waals surface area contributed by atoms with Crippen LogP contribution in [0.4, 0.5) is 5.69 Å². The molecule has 18 heavy (non-hydrogen) atoms. The average Bonchev–Trinajstić information content (AvgIpc) is 2.86. The van der Waals surface area contributed by atoms with Crippen LogP contribution in [-0.2, 0) is 6.61 Å². The minimum absolute atomic E-state index is 0.150. The smallest absolute Gasteiger partial charge is 0.270 e. The van der Waals surface area contributed by atoms with Crippen molar-refractivity contribution >= 4 is 12.0 Å². The van der Waals surface area contributed by atoms with Crippen molar-refractivity contribution in [3.05, 3.63) is 52.1 Å². The Morgan fingerprint density at radius 2 is 2.28 bits per heavy atom. The lowest BCUT2D eigenvalue weighted by molar-refractivity contribution is -0.384. The minimum atomic E-state index is -0.566. The standard InChI is InChI=1S/C11H9N3O4/c15-5-8-3-10(14(17)18)1-2-11(8)13-4-9(6-16)12-7-13/h1-5,7,16H,6H2. The van der Waals surface area contributed by atoms with Gasteiger partial charge in [-0.15, -0.1) is 0 Å². The number of imidazole rings is 1. The second-order valence-corrected chi connectivity index (χ2v) is 3.55. The molecule has 7 nitrogen and oxygen atoms in total. The van der Waals surface area contributed by atoms with E-state index in [4.69, 9.17) is 5.11 Å². The van der Waals surface area contributed by atoms with Crippen LogP contribution in [0, 0.1) is 10.1 Å². The molecule has 2 aromatic rings. The molecule has 0 atom stereocenters. The molecule has 2 rings (SSSR count). The van der Waals surface area contributed by atoms with Gasteiger partial charge in [0.15, 0.2) is 6.29 Å². The Morgan fingerprint density at radius 3 is 2.83 bits per heavy atom. The number of hydrogen-bond acceptors (Lipinski definition) is 5. The normalized spacial score (nSPS) is 10.3. The Labute approximate surface area is 101 Å². The van der Waals surface area contributed by atoms with E-state index in [-0.39, 0.29) is 17.9 Å². The third kappa shape index (κ3) is 2.11. The van der Waals surface area contributed by atoms with Gasteiger partial charge in [-0.1, -0.05) is 0 Å². The van der Waals surface area contributed by atoms with Crippen molar-refractivity contribution in [3.8, 4) is 5.69 Å². The van der Waals surface area contributed by atoms with E-state index in [0.29, 0.717) is 17.7 Å². The first-order chi connectivity index (χ1) is 8.65. The molecule has 0 saturated carbocycles. The molecular weight excluding hydrogens is 238 g/mol. The highest BCUT2D eigenvalue weighted by molar-refractivity contribution is 5.82. The van der Waals surface area contributed by atoms with Gasteiger partial charge in [-0.25, -0.2) is 4.98 Å². The highest BCUT2D eigenvalue weighted by Gasteiger charge is 2.11. The molecule has 0 aliphatic heterocycles.